The number of hydrogen-bond acceptors (Lipinski definition) is 6. The molecule has 1 radical (unpaired) electrons. The van der Waals surface area contributed by atoms with E-state index in [1.54, 1.807) is 41.5 Å². The van der Waals surface area contributed by atoms with E-state index in [0.29, 0.717) is 19.3 Å². The summed E-state index contributed by atoms with van der Waals surface area (Å²) in [6, 6.07) is 0. The van der Waals surface area contributed by atoms with Crippen molar-refractivity contribution < 1.29 is 171 Å². The van der Waals surface area contributed by atoms with Crippen molar-refractivity contribution in [2.45, 2.75) is 155 Å². The molecular formula is C42H45EuF21O6. The van der Waals surface area contributed by atoms with E-state index in [-0.39, 0.29) is 68.6 Å². The molecule has 70 heavy (non-hydrogen) atoms. The molecule has 6 fully saturated rings. The summed E-state index contributed by atoms with van der Waals surface area (Å²) >= 11 is 0. The SMILES string of the molecule is CC12CCC(C(=C(O)C(F)(F)C(F)(F)C(F)(F)F)C1=O)C2(C)C.CC12CCC(C(=C(O)C(F)(F)C(F)(F)C(F)(F)F)C1=O)C2(C)C.CC12CCC(C(=C(O)C(F)(F)C(F)(F)C(F)(F)F)C1=O)C2(C)C.[Eu]. The molecular weight excluding hydrogens is 1150 g/mol. The van der Waals surface area contributed by atoms with Gasteiger partial charge in [-0.2, -0.15) is 92.2 Å². The Balaban J connectivity index is 0.000000276. The van der Waals surface area contributed by atoms with E-state index in [4.69, 9.17) is 0 Å². The largest absolute Gasteiger partial charge is 0.506 e. The molecule has 6 aliphatic carbocycles. The van der Waals surface area contributed by atoms with Crippen molar-refractivity contribution in [1.82, 2.24) is 0 Å². The Morgan fingerprint density at radius 1 is 0.371 bits per heavy atom. The van der Waals surface area contributed by atoms with Gasteiger partial charge >= 0.3 is 54.1 Å². The summed E-state index contributed by atoms with van der Waals surface area (Å²) in [5.41, 5.74) is -9.29. The van der Waals surface area contributed by atoms with Gasteiger partial charge in [0.05, 0.1) is 0 Å². The third kappa shape index (κ3) is 7.90. The maximum Gasteiger partial charge on any atom is 0.460 e. The molecule has 0 saturated heterocycles. The summed E-state index contributed by atoms with van der Waals surface area (Å²) in [6.45, 7) is 13.6. The number of aliphatic hydroxyl groups excluding tert-OH is 3. The van der Waals surface area contributed by atoms with Crippen molar-refractivity contribution in [2.75, 3.05) is 0 Å². The first-order valence-corrected chi connectivity index (χ1v) is 20.5. The van der Waals surface area contributed by atoms with Gasteiger partial charge in [-0.05, 0) is 72.5 Å². The van der Waals surface area contributed by atoms with Crippen LogP contribution in [0, 0.1) is 99.6 Å². The zero-order valence-corrected chi connectivity index (χ0v) is 40.3. The second-order valence-corrected chi connectivity index (χ2v) is 20.6. The van der Waals surface area contributed by atoms with Gasteiger partial charge in [0.1, 0.15) is 0 Å². The maximum absolute atomic E-state index is 13.7. The number of allylic oxidation sites excluding steroid dienone is 6. The van der Waals surface area contributed by atoms with Gasteiger partial charge in [0.15, 0.2) is 34.6 Å². The molecule has 6 aliphatic rings. The number of aliphatic hydroxyl groups is 3. The number of Topliss-reactive ketones (excluding diaryl/α,β-unsaturated/α-hetero) is 3. The predicted molar refractivity (Wildman–Crippen MR) is 196 cm³/mol. The molecule has 0 aliphatic heterocycles. The fraction of sp³-hybridized carbons (Fsp3) is 0.786. The normalized spacial score (nSPS) is 32.8. The predicted octanol–water partition coefficient (Wildman–Crippen LogP) is 14.0. The first-order valence-electron chi connectivity index (χ1n) is 20.5. The quantitative estimate of drug-likeness (QED) is 0.139. The van der Waals surface area contributed by atoms with Crippen LogP contribution in [0.2, 0.25) is 0 Å². The van der Waals surface area contributed by atoms with Crippen LogP contribution in [0.15, 0.2) is 34.0 Å². The summed E-state index contributed by atoms with van der Waals surface area (Å²) in [5.74, 6) is -50.5. The van der Waals surface area contributed by atoms with Gasteiger partial charge in [0, 0.05) is 82.3 Å². The third-order valence-electron chi connectivity index (χ3n) is 16.9. The zero-order chi connectivity index (χ0) is 54.7. The minimum atomic E-state index is -6.56. The van der Waals surface area contributed by atoms with Crippen LogP contribution in [0.25, 0.3) is 0 Å². The standard InChI is InChI=1S/3C14H15F7O2.Eu/c3*1-10(2)6-4-5-11(10,3)8(22)7(6)9(23)12(15,16)13(17,18)14(19,20)21;/h3*6,23H,4-5H2,1-3H3;. The minimum Gasteiger partial charge on any atom is -0.506 e. The Hall–Kier alpha value is -2.26. The Bertz CT molecular complexity index is 2020. The molecule has 0 heterocycles. The number of carbonyl (C=O) groups is 3. The first kappa shape index (κ1) is 62.0. The number of ketones is 3. The van der Waals surface area contributed by atoms with E-state index in [1.165, 1.54) is 20.8 Å². The van der Waals surface area contributed by atoms with Crippen LogP contribution < -0.4 is 0 Å². The molecule has 403 valence electrons. The Morgan fingerprint density at radius 3 is 0.643 bits per heavy atom. The second-order valence-electron chi connectivity index (χ2n) is 20.6. The van der Waals surface area contributed by atoms with E-state index in [0.717, 1.165) is 0 Å². The van der Waals surface area contributed by atoms with Gasteiger partial charge in [0.25, 0.3) is 0 Å². The topological polar surface area (TPSA) is 112 Å². The average molecular weight is 1200 g/mol. The number of hydrogen-bond donors (Lipinski definition) is 3. The zero-order valence-electron chi connectivity index (χ0n) is 37.9. The van der Waals surface area contributed by atoms with Crippen LogP contribution in [-0.2, 0) is 14.4 Å². The van der Waals surface area contributed by atoms with E-state index in [1.807, 2.05) is 0 Å². The van der Waals surface area contributed by atoms with Crippen molar-refractivity contribution >= 4 is 17.3 Å². The van der Waals surface area contributed by atoms with Crippen molar-refractivity contribution in [1.29, 1.82) is 0 Å². The van der Waals surface area contributed by atoms with E-state index in [9.17, 15) is 122 Å². The molecule has 6 atom stereocenters. The Morgan fingerprint density at radius 2 is 0.529 bits per heavy atom. The van der Waals surface area contributed by atoms with E-state index in [2.05, 4.69) is 0 Å². The molecule has 6 saturated carbocycles. The van der Waals surface area contributed by atoms with Gasteiger partial charge in [-0.15, -0.1) is 0 Å². The Kier molecular flexibility index (Phi) is 15.2. The van der Waals surface area contributed by atoms with Gasteiger partial charge in [-0.25, -0.2) is 0 Å². The molecule has 0 aromatic carbocycles. The number of carbonyl (C=O) groups excluding carboxylic acids is 3. The summed E-state index contributed by atoms with van der Waals surface area (Å²) in [6.07, 6.45) is -18.3. The second kappa shape index (κ2) is 17.1. The molecule has 3 N–H and O–H groups in total. The summed E-state index contributed by atoms with van der Waals surface area (Å²) in [4.78, 5) is 36.9. The van der Waals surface area contributed by atoms with Gasteiger partial charge in [-0.1, -0.05) is 62.3 Å². The van der Waals surface area contributed by atoms with Crippen molar-refractivity contribution in [2.24, 2.45) is 50.2 Å². The smallest absolute Gasteiger partial charge is 0.460 e. The van der Waals surface area contributed by atoms with Gasteiger partial charge in [-0.3, -0.25) is 14.4 Å². The summed E-state index contributed by atoms with van der Waals surface area (Å²) in [5, 5.41) is 28.6. The molecule has 28 heteroatoms. The fourth-order valence-electron chi connectivity index (χ4n) is 10.9. The minimum absolute atomic E-state index is 0. The molecule has 0 amide bonds. The molecule has 0 spiro atoms. The van der Waals surface area contributed by atoms with Crippen LogP contribution in [-0.4, -0.2) is 86.7 Å². The van der Waals surface area contributed by atoms with Crippen LogP contribution in [0.3, 0.4) is 0 Å². The molecule has 0 aromatic heterocycles. The average Bonchev–Trinajstić information content (AvgIpc) is 3.79. The van der Waals surface area contributed by atoms with Crippen LogP contribution >= 0.6 is 0 Å². The van der Waals surface area contributed by atoms with E-state index < -0.39 is 156 Å². The van der Waals surface area contributed by atoms with Gasteiger partial charge in [0.2, 0.25) is 0 Å². The van der Waals surface area contributed by atoms with Crippen molar-refractivity contribution in [3.05, 3.63) is 34.0 Å². The number of alkyl halides is 21. The van der Waals surface area contributed by atoms with Crippen LogP contribution in [0.5, 0.6) is 0 Å². The monoisotopic (exact) mass is 1200 g/mol. The molecule has 6 unspecified atom stereocenters. The van der Waals surface area contributed by atoms with Gasteiger partial charge < -0.3 is 15.3 Å². The fourth-order valence-corrected chi connectivity index (χ4v) is 10.9. The first-order chi connectivity index (χ1) is 30.1. The van der Waals surface area contributed by atoms with Crippen LogP contribution in [0.4, 0.5) is 92.2 Å². The number of fused-ring (bicyclic) bond motifs is 6. The van der Waals surface area contributed by atoms with Crippen molar-refractivity contribution in [3.8, 4) is 0 Å². The molecule has 0 aromatic rings. The molecule has 6 bridgehead atoms. The maximum atomic E-state index is 13.7. The number of rotatable bonds is 6. The summed E-state index contributed by atoms with van der Waals surface area (Å²) < 4.78 is 271. The van der Waals surface area contributed by atoms with E-state index >= 15 is 0 Å². The van der Waals surface area contributed by atoms with Crippen LogP contribution in [0.1, 0.15) is 101 Å². The molecule has 6 rings (SSSR count). The van der Waals surface area contributed by atoms with Crippen molar-refractivity contribution in [3.63, 3.8) is 0 Å². The molecule has 6 nitrogen and oxygen atoms in total. The Labute approximate surface area is 425 Å². The third-order valence-corrected chi connectivity index (χ3v) is 16.9. The number of halogens is 21. The summed E-state index contributed by atoms with van der Waals surface area (Å²) in [7, 11) is 0.